The van der Waals surface area contributed by atoms with E-state index in [9.17, 15) is 39.5 Å². The van der Waals surface area contributed by atoms with Gasteiger partial charge in [0, 0.05) is 6.61 Å². The van der Waals surface area contributed by atoms with Gasteiger partial charge in [-0.3, -0.25) is 0 Å². The first kappa shape index (κ1) is 30.5. The fourth-order valence-electron chi connectivity index (χ4n) is 2.77. The maximum atomic E-state index is 14.8. The third-order valence-corrected chi connectivity index (χ3v) is 4.67. The molecule has 0 aromatic rings. The lowest BCUT2D eigenvalue weighted by molar-refractivity contribution is -0.109. The van der Waals surface area contributed by atoms with Gasteiger partial charge in [0.2, 0.25) is 5.83 Å². The van der Waals surface area contributed by atoms with Gasteiger partial charge in [0.05, 0.1) is 50.3 Å². The summed E-state index contributed by atoms with van der Waals surface area (Å²) in [5, 5.41) is 0. The Hall–Kier alpha value is -1.57. The highest BCUT2D eigenvalue weighted by Gasteiger charge is 2.69. The monoisotopic (exact) mass is 514 g/mol. The highest BCUT2D eigenvalue weighted by Crippen LogP contribution is 2.56. The summed E-state index contributed by atoms with van der Waals surface area (Å²) in [6.45, 7) is 5.41. The van der Waals surface area contributed by atoms with E-state index in [2.05, 4.69) is 0 Å². The lowest BCUT2D eigenvalue weighted by Gasteiger charge is -2.35. The molecule has 4 nitrogen and oxygen atoms in total. The molecule has 0 N–H and O–H groups in total. The first-order valence-corrected chi connectivity index (χ1v) is 10.4. The van der Waals surface area contributed by atoms with E-state index in [-0.39, 0.29) is 19.3 Å². The Balaban J connectivity index is 2.70. The Morgan fingerprint density at radius 2 is 1.24 bits per heavy atom. The third kappa shape index (κ3) is 6.98. The average molecular weight is 514 g/mol. The zero-order valence-corrected chi connectivity index (χ0v) is 19.0. The average Bonchev–Trinajstić information content (AvgIpc) is 2.78. The van der Waals surface area contributed by atoms with E-state index in [0.717, 1.165) is 6.42 Å². The molecule has 13 heteroatoms. The molecule has 0 aromatic carbocycles. The molecule has 0 fully saturated rings. The zero-order valence-electron chi connectivity index (χ0n) is 19.0. The van der Waals surface area contributed by atoms with Crippen LogP contribution in [-0.2, 0) is 18.9 Å². The Kier molecular flexibility index (Phi) is 11.6. The molecule has 198 valence electrons. The van der Waals surface area contributed by atoms with Crippen LogP contribution in [0.2, 0.25) is 0 Å². The third-order valence-electron chi connectivity index (χ3n) is 4.67. The predicted molar refractivity (Wildman–Crippen MR) is 104 cm³/mol. The minimum absolute atomic E-state index is 0.00811. The van der Waals surface area contributed by atoms with Gasteiger partial charge in [-0.25, -0.2) is 22.0 Å². The van der Waals surface area contributed by atoms with Gasteiger partial charge < -0.3 is 18.9 Å². The molecule has 1 aliphatic rings. The van der Waals surface area contributed by atoms with Crippen molar-refractivity contribution in [1.29, 1.82) is 0 Å². The number of alkyl halides is 3. The quantitative estimate of drug-likeness (QED) is 0.250. The first-order valence-electron chi connectivity index (χ1n) is 10.4. The molecule has 0 heterocycles. The highest BCUT2D eigenvalue weighted by atomic mass is 19.3. The highest BCUT2D eigenvalue weighted by molar-refractivity contribution is 5.48. The second-order valence-electron chi connectivity index (χ2n) is 7.71. The predicted octanol–water partition coefficient (Wildman–Crippen LogP) is 6.44. The second kappa shape index (κ2) is 12.9. The molecule has 0 radical (unpaired) electrons. The summed E-state index contributed by atoms with van der Waals surface area (Å²) in [5.41, 5.74) is -7.71. The fourth-order valence-corrected chi connectivity index (χ4v) is 2.77. The van der Waals surface area contributed by atoms with Gasteiger partial charge in [0.1, 0.15) is 0 Å². The summed E-state index contributed by atoms with van der Waals surface area (Å²) >= 11 is 0. The minimum Gasteiger partial charge on any atom is -0.376 e. The molecule has 0 aromatic heterocycles. The van der Waals surface area contributed by atoms with Gasteiger partial charge in [-0.05, 0) is 27.2 Å². The van der Waals surface area contributed by atoms with Crippen LogP contribution >= 0.6 is 0 Å². The topological polar surface area (TPSA) is 36.9 Å². The van der Waals surface area contributed by atoms with Crippen molar-refractivity contribution in [3.8, 4) is 0 Å². The van der Waals surface area contributed by atoms with Crippen molar-refractivity contribution in [1.82, 2.24) is 0 Å². The molecule has 0 spiro atoms. The normalized spacial score (nSPS) is 23.2. The van der Waals surface area contributed by atoms with Crippen LogP contribution in [0, 0.1) is 0 Å². The first-order chi connectivity index (χ1) is 15.7. The minimum atomic E-state index is -5.79. The van der Waals surface area contributed by atoms with Crippen LogP contribution in [0.5, 0.6) is 0 Å². The van der Waals surface area contributed by atoms with E-state index in [1.165, 1.54) is 6.92 Å². The van der Waals surface area contributed by atoms with Gasteiger partial charge in [-0.1, -0.05) is 6.92 Å². The smallest absolute Gasteiger partial charge is 0.345 e. The molecular weight excluding hydrogens is 487 g/mol. The largest absolute Gasteiger partial charge is 0.376 e. The van der Waals surface area contributed by atoms with Crippen LogP contribution in [0.1, 0.15) is 34.1 Å². The van der Waals surface area contributed by atoms with Crippen molar-refractivity contribution in [2.45, 2.75) is 64.0 Å². The van der Waals surface area contributed by atoms with Gasteiger partial charge in [0.15, 0.2) is 17.5 Å². The van der Waals surface area contributed by atoms with Crippen molar-refractivity contribution < 1.29 is 58.5 Å². The number of hydrogen-bond acceptors (Lipinski definition) is 4. The molecule has 0 aliphatic heterocycles. The standard InChI is InChI=1S/C21H27F9O4/c1-5-6-32-12(3)8-34-13(4)9-33-11(2)7-31-10-14(19(26)27)20(28)17(24)15(22)16(23)18(25)21(20,29)30/h11-13H,5-10H2,1-4H3. The maximum absolute atomic E-state index is 14.8. The van der Waals surface area contributed by atoms with Crippen molar-refractivity contribution >= 4 is 0 Å². The number of rotatable bonds is 14. The van der Waals surface area contributed by atoms with E-state index in [1.54, 1.807) is 6.92 Å². The van der Waals surface area contributed by atoms with Crippen LogP contribution in [-0.4, -0.2) is 62.9 Å². The molecule has 1 aliphatic carbocycles. The second-order valence-corrected chi connectivity index (χ2v) is 7.71. The Labute approximate surface area is 191 Å². The van der Waals surface area contributed by atoms with Crippen molar-refractivity contribution in [2.75, 3.05) is 33.0 Å². The SMILES string of the molecule is CCCOC(C)COC(C)COC(C)COCC(=C(F)F)C1(F)C(F)=C(F)C(F)=C(F)C1(F)F. The molecule has 0 saturated heterocycles. The molecule has 0 saturated carbocycles. The van der Waals surface area contributed by atoms with Gasteiger partial charge in [-0.15, -0.1) is 0 Å². The van der Waals surface area contributed by atoms with Gasteiger partial charge in [-0.2, -0.15) is 17.6 Å². The fraction of sp³-hybridized carbons (Fsp3) is 0.714. The lowest BCUT2D eigenvalue weighted by Crippen LogP contribution is -2.51. The summed E-state index contributed by atoms with van der Waals surface area (Å²) in [6.07, 6.45) is -3.81. The number of hydrogen-bond donors (Lipinski definition) is 0. The van der Waals surface area contributed by atoms with Crippen LogP contribution in [0.25, 0.3) is 0 Å². The van der Waals surface area contributed by atoms with Crippen LogP contribution < -0.4 is 0 Å². The molecule has 0 bridgehead atoms. The van der Waals surface area contributed by atoms with Crippen LogP contribution in [0.3, 0.4) is 0 Å². The van der Waals surface area contributed by atoms with Crippen molar-refractivity contribution in [2.24, 2.45) is 0 Å². The Morgan fingerprint density at radius 1 is 0.765 bits per heavy atom. The zero-order chi connectivity index (χ0) is 26.3. The van der Waals surface area contributed by atoms with E-state index in [1.807, 2.05) is 13.8 Å². The summed E-state index contributed by atoms with van der Waals surface area (Å²) in [6, 6.07) is 0. The van der Waals surface area contributed by atoms with Crippen LogP contribution in [0.15, 0.2) is 35.0 Å². The molecule has 0 amide bonds. The van der Waals surface area contributed by atoms with E-state index >= 15 is 0 Å². The number of halogens is 9. The molecule has 34 heavy (non-hydrogen) atoms. The summed E-state index contributed by atoms with van der Waals surface area (Å²) < 4.78 is 144. The number of ether oxygens (including phenoxy) is 4. The van der Waals surface area contributed by atoms with Gasteiger partial charge >= 0.3 is 5.92 Å². The van der Waals surface area contributed by atoms with Crippen molar-refractivity contribution in [3.05, 3.63) is 35.0 Å². The number of allylic oxidation sites excluding steroid dienone is 4. The van der Waals surface area contributed by atoms with Gasteiger partial charge in [0.25, 0.3) is 11.7 Å². The van der Waals surface area contributed by atoms with E-state index < -0.39 is 72.0 Å². The molecule has 1 rings (SSSR count). The lowest BCUT2D eigenvalue weighted by atomic mass is 9.83. The van der Waals surface area contributed by atoms with E-state index in [4.69, 9.17) is 18.9 Å². The summed E-state index contributed by atoms with van der Waals surface area (Å²) in [5.74, 6) is -18.4. The maximum Gasteiger partial charge on any atom is 0.345 e. The van der Waals surface area contributed by atoms with Crippen molar-refractivity contribution in [3.63, 3.8) is 0 Å². The molecular formula is C21H27F9O4. The summed E-state index contributed by atoms with van der Waals surface area (Å²) in [7, 11) is 0. The molecule has 4 atom stereocenters. The Bertz CT molecular complexity index is 780. The van der Waals surface area contributed by atoms with E-state index in [0.29, 0.717) is 6.61 Å². The van der Waals surface area contributed by atoms with Crippen LogP contribution in [0.4, 0.5) is 39.5 Å². The molecule has 4 unspecified atom stereocenters. The Morgan fingerprint density at radius 3 is 1.74 bits per heavy atom. The summed E-state index contributed by atoms with van der Waals surface area (Å²) in [4.78, 5) is 0.